The van der Waals surface area contributed by atoms with Crippen molar-refractivity contribution in [3.8, 4) is 0 Å². The third-order valence-electron chi connectivity index (χ3n) is 6.33. The molecule has 0 N–H and O–H groups in total. The van der Waals surface area contributed by atoms with Crippen LogP contribution >= 0.6 is 0 Å². The van der Waals surface area contributed by atoms with E-state index in [1.165, 1.54) is 70.4 Å². The molecule has 1 heterocycles. The molecule has 0 spiro atoms. The molecule has 0 radical (unpaired) electrons. The van der Waals surface area contributed by atoms with Crippen molar-refractivity contribution in [1.29, 1.82) is 0 Å². The van der Waals surface area contributed by atoms with Crippen LogP contribution in [0.1, 0.15) is 66.0 Å². The second-order valence-electron chi connectivity index (χ2n) is 8.93. The molecule has 2 aliphatic rings. The smallest absolute Gasteiger partial charge is 0.0988 e. The third kappa shape index (κ3) is 4.21. The van der Waals surface area contributed by atoms with Crippen molar-refractivity contribution in [1.82, 2.24) is 0 Å². The molecule has 1 saturated carbocycles. The minimum absolute atomic E-state index is 0.380. The van der Waals surface area contributed by atoms with E-state index in [9.17, 15) is 0 Å². The van der Waals surface area contributed by atoms with Crippen molar-refractivity contribution in [2.75, 3.05) is 22.9 Å². The van der Waals surface area contributed by atoms with Crippen LogP contribution in [0.5, 0.6) is 0 Å². The highest BCUT2D eigenvalue weighted by molar-refractivity contribution is 5.67. The first-order valence-electron chi connectivity index (χ1n) is 11.0. The van der Waals surface area contributed by atoms with E-state index < -0.39 is 0 Å². The summed E-state index contributed by atoms with van der Waals surface area (Å²) in [7, 11) is 0. The lowest BCUT2D eigenvalue weighted by atomic mass is 10.0. The normalized spacial score (nSPS) is 16.7. The fourth-order valence-corrected chi connectivity index (χ4v) is 4.86. The van der Waals surface area contributed by atoms with Crippen LogP contribution in [-0.4, -0.2) is 19.3 Å². The average Bonchev–Trinajstić information content (AvgIpc) is 2.86. The zero-order valence-electron chi connectivity index (χ0n) is 19.0. The molecule has 0 amide bonds. The van der Waals surface area contributed by atoms with E-state index >= 15 is 0 Å². The Morgan fingerprint density at radius 3 is 1.11 bits per heavy atom. The molecular formula is C26H38N2. The molecule has 0 bridgehead atoms. The van der Waals surface area contributed by atoms with E-state index in [-0.39, 0.29) is 0 Å². The fourth-order valence-electron chi connectivity index (χ4n) is 4.86. The highest BCUT2D eigenvalue weighted by Crippen LogP contribution is 2.36. The van der Waals surface area contributed by atoms with Crippen LogP contribution < -0.4 is 9.80 Å². The molecule has 0 unspecified atom stereocenters. The summed E-state index contributed by atoms with van der Waals surface area (Å²) in [5, 5.41) is 0. The van der Waals surface area contributed by atoms with Gasteiger partial charge in [0.2, 0.25) is 0 Å². The first-order chi connectivity index (χ1) is 13.3. The summed E-state index contributed by atoms with van der Waals surface area (Å²) in [6.07, 6.45) is 6.38. The van der Waals surface area contributed by atoms with E-state index in [0.717, 1.165) is 13.1 Å². The van der Waals surface area contributed by atoms with Crippen molar-refractivity contribution in [2.24, 2.45) is 0 Å². The zero-order valence-corrected chi connectivity index (χ0v) is 19.0. The van der Waals surface area contributed by atoms with Gasteiger partial charge in [0, 0.05) is 24.5 Å². The standard InChI is InChI=1S/C22H30N2.C4H8/c1-14-10-16(3)21(17(4)11-14)23-8-9-24(20(23)7)22-18(5)12-15(2)13-19(22)6;1-2-4-3-1/h10-13,20H,8-9H2,1-7H3;1-4H2. The maximum Gasteiger partial charge on any atom is 0.0988 e. The Bertz CT molecular complexity index is 717. The molecule has 1 aliphatic carbocycles. The first-order valence-corrected chi connectivity index (χ1v) is 11.0. The molecular weight excluding hydrogens is 340 g/mol. The van der Waals surface area contributed by atoms with Crippen LogP contribution in [-0.2, 0) is 0 Å². The van der Waals surface area contributed by atoms with E-state index in [1.54, 1.807) is 0 Å². The van der Waals surface area contributed by atoms with Crippen molar-refractivity contribution < 1.29 is 0 Å². The van der Waals surface area contributed by atoms with E-state index in [2.05, 4.69) is 82.5 Å². The maximum absolute atomic E-state index is 2.57. The third-order valence-corrected chi connectivity index (χ3v) is 6.33. The molecule has 2 nitrogen and oxygen atoms in total. The molecule has 4 rings (SSSR count). The predicted octanol–water partition coefficient (Wildman–Crippen LogP) is 6.77. The highest BCUT2D eigenvalue weighted by Gasteiger charge is 2.31. The van der Waals surface area contributed by atoms with Gasteiger partial charge in [0.1, 0.15) is 0 Å². The van der Waals surface area contributed by atoms with Crippen LogP contribution in [0.3, 0.4) is 0 Å². The summed E-state index contributed by atoms with van der Waals surface area (Å²) in [4.78, 5) is 5.14. The van der Waals surface area contributed by atoms with Crippen molar-refractivity contribution >= 4 is 11.4 Å². The van der Waals surface area contributed by atoms with Crippen molar-refractivity contribution in [3.05, 3.63) is 57.6 Å². The summed E-state index contributed by atoms with van der Waals surface area (Å²) in [6.45, 7) is 17.8. The van der Waals surface area contributed by atoms with Gasteiger partial charge in [-0.15, -0.1) is 0 Å². The van der Waals surface area contributed by atoms with Gasteiger partial charge in [0.15, 0.2) is 0 Å². The predicted molar refractivity (Wildman–Crippen MR) is 124 cm³/mol. The largest absolute Gasteiger partial charge is 0.349 e. The highest BCUT2D eigenvalue weighted by atomic mass is 15.4. The lowest BCUT2D eigenvalue weighted by molar-refractivity contribution is 0.504. The Morgan fingerprint density at radius 1 is 0.571 bits per heavy atom. The Morgan fingerprint density at radius 2 is 0.857 bits per heavy atom. The lowest BCUT2D eigenvalue weighted by Gasteiger charge is -2.33. The SMILES string of the molecule is C1CCC1.Cc1cc(C)c(N2CCN(c3c(C)cc(C)cc3C)C2C)c(C)c1. The van der Waals surface area contributed by atoms with Crippen molar-refractivity contribution in [2.45, 2.75) is 80.3 Å². The van der Waals surface area contributed by atoms with Gasteiger partial charge in [-0.25, -0.2) is 0 Å². The number of aryl methyl sites for hydroxylation is 6. The summed E-state index contributed by atoms with van der Waals surface area (Å²) in [5.41, 5.74) is 11.1. The fraction of sp³-hybridized carbons (Fsp3) is 0.538. The van der Waals surface area contributed by atoms with Crippen LogP contribution in [0.2, 0.25) is 0 Å². The summed E-state index contributed by atoms with van der Waals surface area (Å²) < 4.78 is 0. The number of nitrogens with zero attached hydrogens (tertiary/aromatic N) is 2. The van der Waals surface area contributed by atoms with Gasteiger partial charge in [-0.1, -0.05) is 61.1 Å². The monoisotopic (exact) mass is 378 g/mol. The van der Waals surface area contributed by atoms with Crippen LogP contribution in [0.25, 0.3) is 0 Å². The maximum atomic E-state index is 2.57. The number of hydrogen-bond donors (Lipinski definition) is 0. The van der Waals surface area contributed by atoms with Crippen LogP contribution in [0.4, 0.5) is 11.4 Å². The minimum Gasteiger partial charge on any atom is -0.349 e. The van der Waals surface area contributed by atoms with Gasteiger partial charge in [0.25, 0.3) is 0 Å². The number of benzene rings is 2. The summed E-state index contributed by atoms with van der Waals surface area (Å²) in [6, 6.07) is 9.22. The van der Waals surface area contributed by atoms with Gasteiger partial charge < -0.3 is 9.80 Å². The average molecular weight is 379 g/mol. The van der Waals surface area contributed by atoms with Gasteiger partial charge in [-0.05, 0) is 70.7 Å². The van der Waals surface area contributed by atoms with E-state index in [1.807, 2.05) is 0 Å². The quantitative estimate of drug-likeness (QED) is 0.569. The van der Waals surface area contributed by atoms with E-state index in [0.29, 0.717) is 6.17 Å². The Kier molecular flexibility index (Phi) is 6.37. The van der Waals surface area contributed by atoms with Gasteiger partial charge >= 0.3 is 0 Å². The van der Waals surface area contributed by atoms with Gasteiger partial charge in [-0.3, -0.25) is 0 Å². The molecule has 2 fully saturated rings. The van der Waals surface area contributed by atoms with Crippen molar-refractivity contribution in [3.63, 3.8) is 0 Å². The molecule has 1 saturated heterocycles. The summed E-state index contributed by atoms with van der Waals surface area (Å²) >= 11 is 0. The van der Waals surface area contributed by atoms with Crippen LogP contribution in [0.15, 0.2) is 24.3 Å². The second-order valence-corrected chi connectivity index (χ2v) is 8.93. The molecule has 1 aliphatic heterocycles. The molecule has 2 heteroatoms. The number of anilines is 2. The minimum atomic E-state index is 0.380. The molecule has 152 valence electrons. The Hall–Kier alpha value is -1.96. The topological polar surface area (TPSA) is 6.48 Å². The van der Waals surface area contributed by atoms with E-state index in [4.69, 9.17) is 0 Å². The summed E-state index contributed by atoms with van der Waals surface area (Å²) in [5.74, 6) is 0. The number of rotatable bonds is 2. The lowest BCUT2D eigenvalue weighted by Crippen LogP contribution is -2.37. The Balaban J connectivity index is 0.000000500. The van der Waals surface area contributed by atoms with Gasteiger partial charge in [-0.2, -0.15) is 0 Å². The molecule has 0 aromatic heterocycles. The molecule has 0 atom stereocenters. The number of hydrogen-bond acceptors (Lipinski definition) is 2. The Labute approximate surface area is 172 Å². The van der Waals surface area contributed by atoms with Gasteiger partial charge in [0.05, 0.1) is 6.17 Å². The first kappa shape index (κ1) is 20.8. The second kappa shape index (κ2) is 8.59. The zero-order chi connectivity index (χ0) is 20.4. The molecule has 2 aromatic carbocycles. The van der Waals surface area contributed by atoms with Crippen LogP contribution in [0, 0.1) is 41.5 Å². The molecule has 28 heavy (non-hydrogen) atoms. The molecule has 2 aromatic rings.